The van der Waals surface area contributed by atoms with Crippen molar-refractivity contribution in [3.63, 3.8) is 0 Å². The number of benzene rings is 2. The molecule has 15 nitrogen and oxygen atoms in total. The van der Waals surface area contributed by atoms with Crippen molar-refractivity contribution < 1.29 is 28.7 Å². The first-order valence-electron chi connectivity index (χ1n) is 19.8. The van der Waals surface area contributed by atoms with Crippen LogP contribution in [-0.4, -0.2) is 136 Å². The molecule has 3 fully saturated rings. The fourth-order valence-electron chi connectivity index (χ4n) is 8.81. The van der Waals surface area contributed by atoms with E-state index in [1.807, 2.05) is 42.2 Å². The van der Waals surface area contributed by atoms with Crippen molar-refractivity contribution in [2.24, 2.45) is 0 Å². The van der Waals surface area contributed by atoms with Crippen molar-refractivity contribution in [3.05, 3.63) is 75.7 Å². The van der Waals surface area contributed by atoms with Crippen molar-refractivity contribution in [1.82, 2.24) is 39.3 Å². The molecule has 0 aliphatic carbocycles. The predicted octanol–water partition coefficient (Wildman–Crippen LogP) is 3.04. The molecule has 5 aliphatic heterocycles. The van der Waals surface area contributed by atoms with Gasteiger partial charge in [0.15, 0.2) is 13.5 Å². The normalized spacial score (nSPS) is 22.6. The summed E-state index contributed by atoms with van der Waals surface area (Å²) in [6.07, 6.45) is 4.93. The molecule has 0 radical (unpaired) electrons. The summed E-state index contributed by atoms with van der Waals surface area (Å²) in [6, 6.07) is 12.5. The highest BCUT2D eigenvalue weighted by molar-refractivity contribution is 6.94. The first-order chi connectivity index (χ1) is 27.1. The van der Waals surface area contributed by atoms with Crippen LogP contribution in [0.15, 0.2) is 53.5 Å². The number of piperazine rings is 1. The molecule has 3 saturated heterocycles. The second-order valence-electron chi connectivity index (χ2n) is 15.7. The van der Waals surface area contributed by atoms with E-state index in [2.05, 4.69) is 27.3 Å². The average Bonchev–Trinajstić information content (AvgIpc) is 3.63. The Bertz CT molecular complexity index is 2200. The summed E-state index contributed by atoms with van der Waals surface area (Å²) in [5, 5.41) is 9.33. The van der Waals surface area contributed by atoms with Gasteiger partial charge in [-0.3, -0.25) is 28.6 Å². The molecule has 0 saturated carbocycles. The number of fused-ring (bicyclic) bond motifs is 12. The van der Waals surface area contributed by atoms with Crippen LogP contribution < -0.4 is 10.9 Å². The summed E-state index contributed by atoms with van der Waals surface area (Å²) < 4.78 is 13.7. The van der Waals surface area contributed by atoms with Gasteiger partial charge < -0.3 is 29.5 Å². The topological polar surface area (TPSA) is 152 Å². The number of para-hydroxylation sites is 1. The van der Waals surface area contributed by atoms with Gasteiger partial charge in [0.2, 0.25) is 5.91 Å². The van der Waals surface area contributed by atoms with Gasteiger partial charge >= 0.3 is 13.3 Å². The lowest BCUT2D eigenvalue weighted by Crippen LogP contribution is -2.57. The molecule has 0 unspecified atom stereocenters. The number of rotatable bonds is 2. The van der Waals surface area contributed by atoms with E-state index in [9.17, 15) is 24.0 Å². The summed E-state index contributed by atoms with van der Waals surface area (Å²) in [7, 11) is 1.53. The smallest absolute Gasteiger partial charge is 0.392 e. The monoisotopic (exact) mass is 764 g/mol. The summed E-state index contributed by atoms with van der Waals surface area (Å²) in [5.41, 5.74) is 3.34. The molecule has 1 atom stereocenters. The molecule has 56 heavy (non-hydrogen) atoms. The van der Waals surface area contributed by atoms with Crippen LogP contribution in [0.1, 0.15) is 48.3 Å². The highest BCUT2D eigenvalue weighted by atomic mass is 16.6. The van der Waals surface area contributed by atoms with Crippen LogP contribution in [0.5, 0.6) is 0 Å². The number of urea groups is 1. The Labute approximate surface area is 325 Å². The van der Waals surface area contributed by atoms with E-state index in [1.165, 1.54) is 9.25 Å². The summed E-state index contributed by atoms with van der Waals surface area (Å²) in [5.74, 6) is -1.83. The van der Waals surface area contributed by atoms with Gasteiger partial charge in [-0.15, -0.1) is 0 Å². The number of pyridine rings is 1. The Hall–Kier alpha value is -5.22. The lowest BCUT2D eigenvalue weighted by atomic mass is 9.79. The number of carbonyl (C=O) groups excluding carboxylic acids is 4. The van der Waals surface area contributed by atoms with E-state index in [4.69, 9.17) is 9.47 Å². The molecular weight excluding hydrogens is 715 g/mol. The Balaban J connectivity index is 1.06. The predicted molar refractivity (Wildman–Crippen MR) is 211 cm³/mol. The van der Waals surface area contributed by atoms with Gasteiger partial charge in [0.25, 0.3) is 17.3 Å². The molecule has 294 valence electrons. The Kier molecular flexibility index (Phi) is 10.8. The number of ether oxygens (including phenoxy) is 2. The summed E-state index contributed by atoms with van der Waals surface area (Å²) >= 11 is 0. The molecule has 3 amide bonds. The number of nitrogens with zero attached hydrogens (tertiary/aromatic N) is 7. The van der Waals surface area contributed by atoms with E-state index in [-0.39, 0.29) is 43.3 Å². The Morgan fingerprint density at radius 3 is 2.30 bits per heavy atom. The highest BCUT2D eigenvalue weighted by Crippen LogP contribution is 2.29. The van der Waals surface area contributed by atoms with E-state index < -0.39 is 25.1 Å². The van der Waals surface area contributed by atoms with E-state index in [1.54, 1.807) is 23.2 Å². The van der Waals surface area contributed by atoms with Gasteiger partial charge in [-0.2, -0.15) is 5.10 Å². The third-order valence-electron chi connectivity index (χ3n) is 12.0. The number of hydrogen-bond donors (Lipinski definition) is 1. The maximum absolute atomic E-state index is 14.4. The number of likely N-dealkylation sites (tertiary alicyclic amines) is 1. The number of nitrogens with one attached hydrogen (secondary N) is 1. The van der Waals surface area contributed by atoms with Gasteiger partial charge in [-0.1, -0.05) is 24.3 Å². The minimum atomic E-state index is -0.816. The molecule has 7 bridgehead atoms. The first-order valence-corrected chi connectivity index (χ1v) is 19.8. The van der Waals surface area contributed by atoms with E-state index in [0.29, 0.717) is 61.7 Å². The summed E-state index contributed by atoms with van der Waals surface area (Å²) in [6.45, 7) is 7.60. The third kappa shape index (κ3) is 8.03. The molecule has 7 heterocycles. The minimum Gasteiger partial charge on any atom is -0.451 e. The molecule has 2 aromatic carbocycles. The summed E-state index contributed by atoms with van der Waals surface area (Å²) in [4.78, 5) is 76.3. The number of aromatic nitrogens is 3. The van der Waals surface area contributed by atoms with E-state index >= 15 is 0 Å². The van der Waals surface area contributed by atoms with Gasteiger partial charge in [0, 0.05) is 82.0 Å². The van der Waals surface area contributed by atoms with Crippen molar-refractivity contribution in [2.45, 2.75) is 70.5 Å². The SMILES string of the molecule is Cc1cc2cc3cn(nc13)COC(=O)BC(=O)OCn1c(=O)c(cc3ccccc31)C1CCN(CC1)C(=O)N[C@@H](C(=O)N1CCC(N3CCN(C)CC3)CC1)C2. The maximum atomic E-state index is 14.4. The quantitative estimate of drug-likeness (QED) is 0.302. The number of piperidine rings is 2. The zero-order valence-electron chi connectivity index (χ0n) is 32.2. The molecular formula is C40H49BN8O7. The lowest BCUT2D eigenvalue weighted by Gasteiger charge is -2.42. The number of likely N-dealkylation sites (N-methyl/N-ethyl adjacent to an activating group) is 1. The number of aryl methyl sites for hydroxylation is 1. The van der Waals surface area contributed by atoms with Crippen molar-refractivity contribution in [2.75, 3.05) is 59.4 Å². The first kappa shape index (κ1) is 37.7. The van der Waals surface area contributed by atoms with Gasteiger partial charge in [0.1, 0.15) is 6.04 Å². The molecule has 4 aromatic rings. The fourth-order valence-corrected chi connectivity index (χ4v) is 8.81. The van der Waals surface area contributed by atoms with Crippen LogP contribution in [-0.2, 0) is 34.2 Å². The van der Waals surface area contributed by atoms with Crippen LogP contribution >= 0.6 is 0 Å². The molecule has 1 N–H and O–H groups in total. The van der Waals surface area contributed by atoms with Crippen molar-refractivity contribution >= 4 is 52.8 Å². The van der Waals surface area contributed by atoms with Crippen LogP contribution in [0.25, 0.3) is 21.8 Å². The Morgan fingerprint density at radius 2 is 1.55 bits per heavy atom. The minimum absolute atomic E-state index is 0.0931. The molecule has 0 spiro atoms. The van der Waals surface area contributed by atoms with Gasteiger partial charge in [-0.25, -0.2) is 9.48 Å². The van der Waals surface area contributed by atoms with E-state index in [0.717, 1.165) is 60.9 Å². The largest absolute Gasteiger partial charge is 0.451 e. The van der Waals surface area contributed by atoms with Crippen LogP contribution in [0, 0.1) is 6.92 Å². The van der Waals surface area contributed by atoms with Crippen LogP contribution in [0.4, 0.5) is 14.4 Å². The number of amides is 3. The van der Waals surface area contributed by atoms with Crippen molar-refractivity contribution in [3.8, 4) is 0 Å². The lowest BCUT2D eigenvalue weighted by molar-refractivity contribution is -0.135. The fraction of sp³-hybridized carbons (Fsp3) is 0.500. The maximum Gasteiger partial charge on any atom is 0.392 e. The standard InChI is InChI=1S/C40H49BN8O7/c1-26-19-27-20-30-23-48(43-35(26)30)24-55-38(52)41-39(53)56-25-49-34-6-4-3-5-29(34)22-32(36(49)50)28-7-11-47(12-8-28)40(54)42-33(21-27)37(51)46-13-9-31(10-14-46)45-17-15-44(2)16-18-45/h3-6,19-20,22-23,28,31,33,41H,7-18,21,24-25H2,1-2H3,(H,42,54)/t33-/m1/s1. The Morgan fingerprint density at radius 1 is 0.839 bits per heavy atom. The molecule has 16 heteroatoms. The molecule has 2 aromatic heterocycles. The zero-order chi connectivity index (χ0) is 38.9. The van der Waals surface area contributed by atoms with Crippen molar-refractivity contribution in [1.29, 1.82) is 0 Å². The number of hydrogen-bond acceptors (Lipinski definition) is 10. The average molecular weight is 765 g/mol. The van der Waals surface area contributed by atoms with Gasteiger partial charge in [0.05, 0.1) is 11.0 Å². The molecule has 5 aliphatic rings. The van der Waals surface area contributed by atoms with Crippen LogP contribution in [0.3, 0.4) is 0 Å². The third-order valence-corrected chi connectivity index (χ3v) is 12.0. The van der Waals surface area contributed by atoms with Crippen LogP contribution in [0.2, 0.25) is 0 Å². The second-order valence-corrected chi connectivity index (χ2v) is 15.7. The number of carbonyl (C=O) groups is 4. The molecule has 9 rings (SSSR count). The zero-order valence-corrected chi connectivity index (χ0v) is 32.2. The van der Waals surface area contributed by atoms with Gasteiger partial charge in [-0.05, 0) is 80.3 Å². The highest BCUT2D eigenvalue weighted by Gasteiger charge is 2.34. The second kappa shape index (κ2) is 16.1.